The van der Waals surface area contributed by atoms with Gasteiger partial charge in [-0.25, -0.2) is 0 Å². The second kappa shape index (κ2) is 5.70. The van der Waals surface area contributed by atoms with Crippen molar-refractivity contribution in [1.29, 1.82) is 0 Å². The molecule has 0 aromatic carbocycles. The third-order valence-electron chi connectivity index (χ3n) is 0.355. The van der Waals surface area contributed by atoms with E-state index in [9.17, 15) is 19.8 Å². The molecule has 0 spiro atoms. The minimum Gasteiger partial charge on any atom is -0.545 e. The van der Waals surface area contributed by atoms with E-state index in [4.69, 9.17) is 0 Å². The summed E-state index contributed by atoms with van der Waals surface area (Å²) in [6.07, 6.45) is 0.769. The van der Waals surface area contributed by atoms with Crippen LogP contribution in [-0.4, -0.2) is 11.9 Å². The van der Waals surface area contributed by atoms with Gasteiger partial charge >= 0.3 is 26.2 Å². The van der Waals surface area contributed by atoms with Crippen LogP contribution in [0.4, 0.5) is 0 Å². The Morgan fingerprint density at radius 1 is 1.00 bits per heavy atom. The Labute approximate surface area is 70.3 Å². The zero-order chi connectivity index (χ0) is 6.57. The largest absolute Gasteiger partial charge is 2.00 e. The summed E-state index contributed by atoms with van der Waals surface area (Å²) in [5.74, 6) is -3.09. The van der Waals surface area contributed by atoms with Crippen molar-refractivity contribution in [3.05, 3.63) is 12.2 Å². The maximum atomic E-state index is 9.41. The second-order valence-corrected chi connectivity index (χ2v) is 0.971. The molecule has 0 heterocycles. The molecule has 0 N–H and O–H groups in total. The summed E-state index contributed by atoms with van der Waals surface area (Å²) in [4.78, 5) is 18.8. The van der Waals surface area contributed by atoms with Crippen LogP contribution >= 0.6 is 0 Å². The van der Waals surface area contributed by atoms with Gasteiger partial charge in [-0.3, -0.25) is 0 Å². The van der Waals surface area contributed by atoms with E-state index in [1.54, 1.807) is 0 Å². The van der Waals surface area contributed by atoms with Crippen LogP contribution in [0.25, 0.3) is 0 Å². The van der Waals surface area contributed by atoms with Crippen molar-refractivity contribution in [1.82, 2.24) is 0 Å². The Kier molecular flexibility index (Phi) is 7.20. The van der Waals surface area contributed by atoms with E-state index < -0.39 is 11.9 Å². The molecule has 4 nitrogen and oxygen atoms in total. The monoisotopic (exact) mass is 204 g/mol. The van der Waals surface area contributed by atoms with E-state index in [1.165, 1.54) is 0 Å². The number of carboxylic acid groups (broad SMARTS) is 2. The van der Waals surface area contributed by atoms with Gasteiger partial charge in [-0.05, 0) is 12.2 Å². The number of hydrogen-bond donors (Lipinski definition) is 0. The maximum absolute atomic E-state index is 9.41. The molecule has 0 amide bonds. The van der Waals surface area contributed by atoms with Gasteiger partial charge in [0, 0.05) is 0 Å². The molecule has 0 unspecified atom stereocenters. The van der Waals surface area contributed by atoms with Crippen molar-refractivity contribution >= 4 is 11.9 Å². The van der Waals surface area contributed by atoms with Crippen LogP contribution in [0.3, 0.4) is 0 Å². The standard InChI is InChI=1S/C4H4O4.Zr/c5-3(6)1-2-4(7)8;/h1-2H,(H,5,6)(H,7,8);/q;+2/p-2/b2-1-;. The first-order valence-corrected chi connectivity index (χ1v) is 1.73. The predicted molar refractivity (Wildman–Crippen MR) is 19.2 cm³/mol. The van der Waals surface area contributed by atoms with Crippen LogP contribution in [0.15, 0.2) is 12.2 Å². The zero-order valence-electron chi connectivity index (χ0n) is 4.29. The topological polar surface area (TPSA) is 80.3 Å². The number of carbonyl (C=O) groups is 2. The first kappa shape index (κ1) is 11.4. The number of hydrogen-bond acceptors (Lipinski definition) is 4. The van der Waals surface area contributed by atoms with E-state index in [-0.39, 0.29) is 26.2 Å². The van der Waals surface area contributed by atoms with Crippen molar-refractivity contribution in [3.63, 3.8) is 0 Å². The van der Waals surface area contributed by atoms with E-state index in [2.05, 4.69) is 0 Å². The molecule has 0 atom stereocenters. The summed E-state index contributed by atoms with van der Waals surface area (Å²) in [6, 6.07) is 0. The molecular weight excluding hydrogens is 203 g/mol. The van der Waals surface area contributed by atoms with Crippen LogP contribution in [-0.2, 0) is 35.8 Å². The third-order valence-corrected chi connectivity index (χ3v) is 0.355. The van der Waals surface area contributed by atoms with Gasteiger partial charge in [-0.1, -0.05) is 0 Å². The van der Waals surface area contributed by atoms with Crippen molar-refractivity contribution in [2.45, 2.75) is 0 Å². The van der Waals surface area contributed by atoms with Gasteiger partial charge < -0.3 is 19.8 Å². The summed E-state index contributed by atoms with van der Waals surface area (Å²) >= 11 is 0. The smallest absolute Gasteiger partial charge is 0.545 e. The van der Waals surface area contributed by atoms with Gasteiger partial charge in [0.25, 0.3) is 0 Å². The molecule has 0 aromatic heterocycles. The van der Waals surface area contributed by atoms with E-state index in [0.717, 1.165) is 0 Å². The summed E-state index contributed by atoms with van der Waals surface area (Å²) in [5.41, 5.74) is 0. The predicted octanol–water partition coefficient (Wildman–Crippen LogP) is -2.96. The summed E-state index contributed by atoms with van der Waals surface area (Å²) in [5, 5.41) is 18.8. The van der Waals surface area contributed by atoms with Crippen molar-refractivity contribution in [2.75, 3.05) is 0 Å². The molecule has 0 aliphatic carbocycles. The molecule has 0 aliphatic rings. The summed E-state index contributed by atoms with van der Waals surface area (Å²) < 4.78 is 0. The summed E-state index contributed by atoms with van der Waals surface area (Å²) in [6.45, 7) is 0. The third kappa shape index (κ3) is 11.2. The van der Waals surface area contributed by atoms with Gasteiger partial charge in [0.1, 0.15) is 0 Å². The van der Waals surface area contributed by atoms with Gasteiger partial charge in [0.15, 0.2) is 0 Å². The van der Waals surface area contributed by atoms with Gasteiger partial charge in [-0.2, -0.15) is 0 Å². The van der Waals surface area contributed by atoms with Crippen molar-refractivity contribution in [3.8, 4) is 0 Å². The fourth-order valence-corrected chi connectivity index (χ4v) is 0.136. The average molecular weight is 205 g/mol. The molecule has 0 rings (SSSR count). The Hall–Kier alpha value is -0.437. The van der Waals surface area contributed by atoms with E-state index >= 15 is 0 Å². The second-order valence-electron chi connectivity index (χ2n) is 0.971. The molecule has 0 fully saturated rings. The molecule has 0 radical (unpaired) electrons. The van der Waals surface area contributed by atoms with Gasteiger partial charge in [0.05, 0.1) is 11.9 Å². The number of aliphatic carboxylic acids is 2. The van der Waals surface area contributed by atoms with Crippen molar-refractivity contribution in [2.24, 2.45) is 0 Å². The first-order valence-electron chi connectivity index (χ1n) is 1.73. The minimum atomic E-state index is -1.55. The minimum absolute atomic E-state index is 0. The molecular formula is C4H2O4Zr. The van der Waals surface area contributed by atoms with Gasteiger partial charge in [-0.15, -0.1) is 0 Å². The fraction of sp³-hybridized carbons (Fsp3) is 0. The van der Waals surface area contributed by atoms with E-state index in [0.29, 0.717) is 12.2 Å². The molecule has 46 valence electrons. The normalized spacial score (nSPS) is 8.44. The number of rotatable bonds is 2. The van der Waals surface area contributed by atoms with Crippen LogP contribution < -0.4 is 10.2 Å². The Morgan fingerprint density at radius 3 is 1.33 bits per heavy atom. The molecule has 0 saturated carbocycles. The van der Waals surface area contributed by atoms with Crippen molar-refractivity contribution < 1.29 is 46.0 Å². The van der Waals surface area contributed by atoms with Crippen LogP contribution in [0.5, 0.6) is 0 Å². The SMILES string of the molecule is O=C([O-])/C=C\C(=O)[O-].[Zr+2]. The van der Waals surface area contributed by atoms with Crippen LogP contribution in [0.2, 0.25) is 0 Å². The fourth-order valence-electron chi connectivity index (χ4n) is 0.136. The molecule has 0 aromatic rings. The first-order chi connectivity index (χ1) is 3.63. The Morgan fingerprint density at radius 2 is 1.22 bits per heavy atom. The molecule has 9 heavy (non-hydrogen) atoms. The zero-order valence-corrected chi connectivity index (χ0v) is 6.75. The average Bonchev–Trinajstić information content (AvgIpc) is 1.61. The molecule has 5 heteroatoms. The van der Waals surface area contributed by atoms with Crippen LogP contribution in [0.1, 0.15) is 0 Å². The number of carbonyl (C=O) groups excluding carboxylic acids is 2. The van der Waals surface area contributed by atoms with Crippen LogP contribution in [0, 0.1) is 0 Å². The molecule has 0 bridgehead atoms. The summed E-state index contributed by atoms with van der Waals surface area (Å²) in [7, 11) is 0. The maximum Gasteiger partial charge on any atom is 2.00 e. The quantitative estimate of drug-likeness (QED) is 0.451. The molecule has 0 saturated heterocycles. The number of carboxylic acids is 2. The molecule has 0 aliphatic heterocycles. The Bertz CT molecular complexity index is 124. The van der Waals surface area contributed by atoms with E-state index in [1.807, 2.05) is 0 Å². The Balaban J connectivity index is 0. The van der Waals surface area contributed by atoms with Gasteiger partial charge in [0.2, 0.25) is 0 Å².